The van der Waals surface area contributed by atoms with Crippen molar-refractivity contribution in [3.63, 3.8) is 0 Å². The smallest absolute Gasteiger partial charge is 0.225 e. The van der Waals surface area contributed by atoms with Gasteiger partial charge in [0.25, 0.3) is 0 Å². The molecule has 0 N–H and O–H groups in total. The van der Waals surface area contributed by atoms with Crippen LogP contribution in [0.1, 0.15) is 24.8 Å². The van der Waals surface area contributed by atoms with Crippen LogP contribution < -0.4 is 4.90 Å². The van der Waals surface area contributed by atoms with Crippen molar-refractivity contribution >= 4 is 11.9 Å². The van der Waals surface area contributed by atoms with E-state index in [9.17, 15) is 4.79 Å². The van der Waals surface area contributed by atoms with E-state index in [0.717, 1.165) is 50.4 Å². The first-order valence-corrected chi connectivity index (χ1v) is 8.48. The lowest BCUT2D eigenvalue weighted by molar-refractivity contribution is -0.130. The molecule has 2 saturated heterocycles. The van der Waals surface area contributed by atoms with E-state index < -0.39 is 0 Å². The van der Waals surface area contributed by atoms with Crippen LogP contribution in [-0.4, -0.2) is 50.9 Å². The van der Waals surface area contributed by atoms with E-state index in [4.69, 9.17) is 0 Å². The molecule has 1 spiro atoms. The van der Waals surface area contributed by atoms with Gasteiger partial charge in [-0.05, 0) is 37.0 Å². The van der Waals surface area contributed by atoms with Crippen LogP contribution in [0.15, 0.2) is 43.0 Å². The fraction of sp³-hybridized carbons (Fsp3) is 0.444. The summed E-state index contributed by atoms with van der Waals surface area (Å²) in [5, 5.41) is 0. The summed E-state index contributed by atoms with van der Waals surface area (Å²) >= 11 is 0. The van der Waals surface area contributed by atoms with Gasteiger partial charge in [-0.15, -0.1) is 0 Å². The minimum atomic E-state index is 0.0469. The zero-order valence-electron chi connectivity index (χ0n) is 13.6. The summed E-state index contributed by atoms with van der Waals surface area (Å²) in [5.41, 5.74) is 1.16. The average Bonchev–Trinajstić information content (AvgIpc) is 3.09. The number of aryl methyl sites for hydroxylation is 1. The number of likely N-dealkylation sites (tertiary alicyclic amines) is 1. The molecule has 24 heavy (non-hydrogen) atoms. The van der Waals surface area contributed by atoms with Crippen LogP contribution >= 0.6 is 0 Å². The number of nitrogens with zero attached hydrogens (tertiary/aromatic N) is 5. The average molecular weight is 323 g/mol. The highest BCUT2D eigenvalue weighted by Gasteiger charge is 2.51. The normalized spacial score (nSPS) is 22.7. The van der Waals surface area contributed by atoms with E-state index in [-0.39, 0.29) is 11.4 Å². The van der Waals surface area contributed by atoms with Gasteiger partial charge in [0.2, 0.25) is 11.9 Å². The summed E-state index contributed by atoms with van der Waals surface area (Å²) < 4.78 is 0. The molecular weight excluding hydrogens is 302 g/mol. The molecule has 1 atom stereocenters. The maximum Gasteiger partial charge on any atom is 0.225 e. The second-order valence-corrected chi connectivity index (χ2v) is 6.60. The summed E-state index contributed by atoms with van der Waals surface area (Å²) in [4.78, 5) is 29.7. The zero-order chi connectivity index (χ0) is 16.4. The summed E-state index contributed by atoms with van der Waals surface area (Å²) in [6, 6.07) is 5.77. The van der Waals surface area contributed by atoms with E-state index in [0.29, 0.717) is 6.42 Å². The van der Waals surface area contributed by atoms with Crippen molar-refractivity contribution in [2.24, 2.45) is 0 Å². The predicted octanol–water partition coefficient (Wildman–Crippen LogP) is 1.69. The minimum Gasteiger partial charge on any atom is -0.340 e. The summed E-state index contributed by atoms with van der Waals surface area (Å²) in [6.07, 6.45) is 10.6. The molecule has 124 valence electrons. The van der Waals surface area contributed by atoms with Gasteiger partial charge >= 0.3 is 0 Å². The number of carbonyl (C=O) groups is 1. The SMILES string of the molecule is O=C(CCc1cccnc1)N1CCC2(CCN2c2ncccn2)C1. The molecule has 0 radical (unpaired) electrons. The number of anilines is 1. The van der Waals surface area contributed by atoms with Gasteiger partial charge in [-0.3, -0.25) is 9.78 Å². The van der Waals surface area contributed by atoms with Crippen molar-refractivity contribution in [3.8, 4) is 0 Å². The molecule has 6 nitrogen and oxygen atoms in total. The first kappa shape index (κ1) is 15.1. The van der Waals surface area contributed by atoms with E-state index >= 15 is 0 Å². The summed E-state index contributed by atoms with van der Waals surface area (Å²) in [5.74, 6) is 1.02. The van der Waals surface area contributed by atoms with Crippen molar-refractivity contribution in [1.29, 1.82) is 0 Å². The number of hydrogen-bond donors (Lipinski definition) is 0. The Morgan fingerprint density at radius 3 is 2.67 bits per heavy atom. The number of hydrogen-bond acceptors (Lipinski definition) is 5. The Balaban J connectivity index is 1.37. The molecule has 6 heteroatoms. The second kappa shape index (κ2) is 6.19. The van der Waals surface area contributed by atoms with Crippen molar-refractivity contribution in [1.82, 2.24) is 19.9 Å². The van der Waals surface area contributed by atoms with Crippen molar-refractivity contribution in [2.75, 3.05) is 24.5 Å². The molecule has 2 aromatic heterocycles. The fourth-order valence-electron chi connectivity index (χ4n) is 3.73. The van der Waals surface area contributed by atoms with Gasteiger partial charge in [-0.2, -0.15) is 0 Å². The lowest BCUT2D eigenvalue weighted by Crippen LogP contribution is -2.62. The highest BCUT2D eigenvalue weighted by atomic mass is 16.2. The third-order valence-electron chi connectivity index (χ3n) is 5.20. The molecule has 1 unspecified atom stereocenters. The maximum atomic E-state index is 12.5. The second-order valence-electron chi connectivity index (χ2n) is 6.60. The van der Waals surface area contributed by atoms with Crippen molar-refractivity contribution < 1.29 is 4.79 Å². The van der Waals surface area contributed by atoms with Crippen molar-refractivity contribution in [3.05, 3.63) is 48.5 Å². The lowest BCUT2D eigenvalue weighted by atomic mass is 9.84. The molecule has 0 saturated carbocycles. The van der Waals surface area contributed by atoms with Crippen LogP contribution in [0.3, 0.4) is 0 Å². The minimum absolute atomic E-state index is 0.0469. The predicted molar refractivity (Wildman–Crippen MR) is 90.5 cm³/mol. The molecular formula is C18H21N5O. The van der Waals surface area contributed by atoms with Crippen LogP contribution in [-0.2, 0) is 11.2 Å². The lowest BCUT2D eigenvalue weighted by Gasteiger charge is -2.50. The summed E-state index contributed by atoms with van der Waals surface area (Å²) in [7, 11) is 0. The van der Waals surface area contributed by atoms with Gasteiger partial charge in [-0.1, -0.05) is 6.07 Å². The topological polar surface area (TPSA) is 62.2 Å². The first-order valence-electron chi connectivity index (χ1n) is 8.48. The Morgan fingerprint density at radius 1 is 1.12 bits per heavy atom. The van der Waals surface area contributed by atoms with Gasteiger partial charge in [0.05, 0.1) is 5.54 Å². The molecule has 4 heterocycles. The zero-order valence-corrected chi connectivity index (χ0v) is 13.6. The molecule has 0 aromatic carbocycles. The van der Waals surface area contributed by atoms with Gasteiger partial charge in [0.15, 0.2) is 0 Å². The Labute approximate surface area is 141 Å². The van der Waals surface area contributed by atoms with E-state index in [2.05, 4.69) is 19.9 Å². The Kier molecular flexibility index (Phi) is 3.88. The monoisotopic (exact) mass is 323 g/mol. The third-order valence-corrected chi connectivity index (χ3v) is 5.20. The molecule has 2 aliphatic heterocycles. The quantitative estimate of drug-likeness (QED) is 0.857. The van der Waals surface area contributed by atoms with Crippen LogP contribution in [0.5, 0.6) is 0 Å². The van der Waals surface area contributed by atoms with E-state index in [1.54, 1.807) is 18.6 Å². The highest BCUT2D eigenvalue weighted by Crippen LogP contribution is 2.41. The van der Waals surface area contributed by atoms with Crippen LogP contribution in [0.25, 0.3) is 0 Å². The van der Waals surface area contributed by atoms with E-state index in [1.807, 2.05) is 29.3 Å². The van der Waals surface area contributed by atoms with Gasteiger partial charge in [0, 0.05) is 50.8 Å². The van der Waals surface area contributed by atoms with Crippen molar-refractivity contribution in [2.45, 2.75) is 31.2 Å². The number of rotatable bonds is 4. The molecule has 0 bridgehead atoms. The fourth-order valence-corrected chi connectivity index (χ4v) is 3.73. The maximum absolute atomic E-state index is 12.5. The molecule has 2 aromatic rings. The highest BCUT2D eigenvalue weighted by molar-refractivity contribution is 5.77. The first-order chi connectivity index (χ1) is 11.8. The molecule has 0 aliphatic carbocycles. The van der Waals surface area contributed by atoms with Crippen LogP contribution in [0, 0.1) is 0 Å². The molecule has 2 fully saturated rings. The number of carbonyl (C=O) groups excluding carboxylic acids is 1. The van der Waals surface area contributed by atoms with E-state index in [1.165, 1.54) is 0 Å². The van der Waals surface area contributed by atoms with Crippen LogP contribution in [0.4, 0.5) is 5.95 Å². The Morgan fingerprint density at radius 2 is 1.96 bits per heavy atom. The third kappa shape index (κ3) is 2.72. The number of aromatic nitrogens is 3. The Bertz CT molecular complexity index is 708. The molecule has 1 amide bonds. The summed E-state index contributed by atoms with van der Waals surface area (Å²) in [6.45, 7) is 2.59. The number of amides is 1. The van der Waals surface area contributed by atoms with Gasteiger partial charge in [0.1, 0.15) is 0 Å². The molecule has 4 rings (SSSR count). The van der Waals surface area contributed by atoms with Gasteiger partial charge in [-0.25, -0.2) is 9.97 Å². The largest absolute Gasteiger partial charge is 0.340 e. The number of pyridine rings is 1. The Hall–Kier alpha value is -2.50. The molecule has 2 aliphatic rings. The standard InChI is InChI=1S/C18H21N5O/c24-16(5-4-15-3-1-8-19-13-15)22-11-6-18(14-22)7-12-23(18)17-20-9-2-10-21-17/h1-3,8-10,13H,4-7,11-12,14H2. The van der Waals surface area contributed by atoms with Gasteiger partial charge < -0.3 is 9.80 Å². The van der Waals surface area contributed by atoms with Crippen LogP contribution in [0.2, 0.25) is 0 Å².